The summed E-state index contributed by atoms with van der Waals surface area (Å²) in [5, 5.41) is 12.7. The van der Waals surface area contributed by atoms with Crippen LogP contribution in [0.4, 0.5) is 11.4 Å². The minimum absolute atomic E-state index is 0.0694. The van der Waals surface area contributed by atoms with E-state index in [1.165, 1.54) is 5.56 Å². The standard InChI is InChI=1S/C24H29N3O3/c1-17(24(30)27-14-6-8-18-7-2-4-10-21(18)27)26-15-12-19(13-16-26)23(29)25-20-9-3-5-11-22(20)28/h2-5,7,9-11,17,19,28H,6,8,12-16H2,1H3,(H,25,29). The fourth-order valence-corrected chi connectivity index (χ4v) is 4.51. The number of benzene rings is 2. The van der Waals surface area contributed by atoms with Crippen molar-refractivity contribution in [2.75, 3.05) is 29.9 Å². The molecule has 2 aliphatic rings. The lowest BCUT2D eigenvalue weighted by Gasteiger charge is -2.38. The van der Waals surface area contributed by atoms with E-state index >= 15 is 0 Å². The first-order chi connectivity index (χ1) is 14.5. The van der Waals surface area contributed by atoms with Crippen molar-refractivity contribution in [3.8, 4) is 5.75 Å². The smallest absolute Gasteiger partial charge is 0.244 e. The summed E-state index contributed by atoms with van der Waals surface area (Å²) >= 11 is 0. The molecule has 30 heavy (non-hydrogen) atoms. The van der Waals surface area contributed by atoms with E-state index in [-0.39, 0.29) is 29.5 Å². The molecule has 4 rings (SSSR count). The molecule has 2 heterocycles. The number of piperidine rings is 1. The van der Waals surface area contributed by atoms with E-state index in [0.29, 0.717) is 31.6 Å². The Morgan fingerprint density at radius 1 is 1.03 bits per heavy atom. The van der Waals surface area contributed by atoms with Crippen LogP contribution in [0.25, 0.3) is 0 Å². The van der Waals surface area contributed by atoms with E-state index in [1.54, 1.807) is 24.3 Å². The highest BCUT2D eigenvalue weighted by Crippen LogP contribution is 2.29. The largest absolute Gasteiger partial charge is 0.506 e. The summed E-state index contributed by atoms with van der Waals surface area (Å²) < 4.78 is 0. The highest BCUT2D eigenvalue weighted by Gasteiger charge is 2.33. The van der Waals surface area contributed by atoms with Gasteiger partial charge in [0, 0.05) is 18.2 Å². The predicted octanol–water partition coefficient (Wildman–Crippen LogP) is 3.41. The summed E-state index contributed by atoms with van der Waals surface area (Å²) in [6.07, 6.45) is 3.41. The zero-order valence-electron chi connectivity index (χ0n) is 17.4. The highest BCUT2D eigenvalue weighted by molar-refractivity contribution is 5.98. The van der Waals surface area contributed by atoms with Crippen LogP contribution in [0.3, 0.4) is 0 Å². The van der Waals surface area contributed by atoms with Crippen molar-refractivity contribution in [3.05, 3.63) is 54.1 Å². The zero-order valence-corrected chi connectivity index (χ0v) is 17.4. The fraction of sp³-hybridized carbons (Fsp3) is 0.417. The van der Waals surface area contributed by atoms with E-state index in [2.05, 4.69) is 16.3 Å². The molecule has 0 radical (unpaired) electrons. The number of fused-ring (bicyclic) bond motifs is 1. The number of hydrogen-bond donors (Lipinski definition) is 2. The average molecular weight is 408 g/mol. The van der Waals surface area contributed by atoms with Gasteiger partial charge in [0.1, 0.15) is 5.75 Å². The molecular weight excluding hydrogens is 378 g/mol. The Morgan fingerprint density at radius 2 is 1.73 bits per heavy atom. The number of anilines is 2. The van der Waals surface area contributed by atoms with Gasteiger partial charge in [-0.2, -0.15) is 0 Å². The number of nitrogens with one attached hydrogen (secondary N) is 1. The van der Waals surface area contributed by atoms with Crippen LogP contribution in [0.1, 0.15) is 31.7 Å². The number of rotatable bonds is 4. The predicted molar refractivity (Wildman–Crippen MR) is 118 cm³/mol. The molecule has 2 aromatic rings. The van der Waals surface area contributed by atoms with Crippen molar-refractivity contribution in [3.63, 3.8) is 0 Å². The molecule has 2 aromatic carbocycles. The van der Waals surface area contributed by atoms with Crippen molar-refractivity contribution in [1.82, 2.24) is 4.90 Å². The Balaban J connectivity index is 1.34. The van der Waals surface area contributed by atoms with Crippen molar-refractivity contribution in [2.45, 2.75) is 38.6 Å². The summed E-state index contributed by atoms with van der Waals surface area (Å²) in [6.45, 7) is 4.16. The van der Waals surface area contributed by atoms with Crippen molar-refractivity contribution >= 4 is 23.2 Å². The molecule has 6 heteroatoms. The Kier molecular flexibility index (Phi) is 6.04. The minimum atomic E-state index is -0.210. The second-order valence-electron chi connectivity index (χ2n) is 8.21. The van der Waals surface area contributed by atoms with Crippen molar-refractivity contribution < 1.29 is 14.7 Å². The Morgan fingerprint density at radius 3 is 2.50 bits per heavy atom. The molecule has 2 amide bonds. The maximum atomic E-state index is 13.2. The lowest BCUT2D eigenvalue weighted by atomic mass is 9.94. The number of phenolic OH excluding ortho intramolecular Hbond substituents is 1. The molecule has 6 nitrogen and oxygen atoms in total. The molecule has 1 unspecified atom stereocenters. The number of carbonyl (C=O) groups is 2. The first-order valence-corrected chi connectivity index (χ1v) is 10.8. The second kappa shape index (κ2) is 8.88. The third kappa shape index (κ3) is 4.19. The molecule has 0 bridgehead atoms. The van der Waals surface area contributed by atoms with Gasteiger partial charge >= 0.3 is 0 Å². The van der Waals surface area contributed by atoms with Crippen LogP contribution in [0.5, 0.6) is 5.75 Å². The number of nitrogens with zero attached hydrogens (tertiary/aromatic N) is 2. The van der Waals surface area contributed by atoms with E-state index in [0.717, 1.165) is 25.1 Å². The molecule has 0 spiro atoms. The monoisotopic (exact) mass is 407 g/mol. The number of likely N-dealkylation sites (tertiary alicyclic amines) is 1. The first-order valence-electron chi connectivity index (χ1n) is 10.8. The van der Waals surface area contributed by atoms with Crippen LogP contribution in [0.2, 0.25) is 0 Å². The number of phenols is 1. The zero-order chi connectivity index (χ0) is 21.1. The lowest BCUT2D eigenvalue weighted by molar-refractivity contribution is -0.125. The number of para-hydroxylation sites is 3. The van der Waals surface area contributed by atoms with Gasteiger partial charge in [0.2, 0.25) is 11.8 Å². The van der Waals surface area contributed by atoms with Gasteiger partial charge in [-0.3, -0.25) is 14.5 Å². The van der Waals surface area contributed by atoms with E-state index < -0.39 is 0 Å². The summed E-state index contributed by atoms with van der Waals surface area (Å²) in [7, 11) is 0. The molecule has 2 N–H and O–H groups in total. The highest BCUT2D eigenvalue weighted by atomic mass is 16.3. The third-order valence-corrected chi connectivity index (χ3v) is 6.34. The van der Waals surface area contributed by atoms with Gasteiger partial charge in [0.25, 0.3) is 0 Å². The van der Waals surface area contributed by atoms with E-state index in [4.69, 9.17) is 0 Å². The van der Waals surface area contributed by atoms with Gasteiger partial charge < -0.3 is 15.3 Å². The molecule has 1 fully saturated rings. The third-order valence-electron chi connectivity index (χ3n) is 6.34. The van der Waals surface area contributed by atoms with Crippen LogP contribution < -0.4 is 10.2 Å². The Hall–Kier alpha value is -2.86. The van der Waals surface area contributed by atoms with Crippen molar-refractivity contribution in [1.29, 1.82) is 0 Å². The minimum Gasteiger partial charge on any atom is -0.506 e. The quantitative estimate of drug-likeness (QED) is 0.762. The van der Waals surface area contributed by atoms with Gasteiger partial charge in [-0.1, -0.05) is 30.3 Å². The molecule has 158 valence electrons. The van der Waals surface area contributed by atoms with Crippen LogP contribution >= 0.6 is 0 Å². The molecular formula is C24H29N3O3. The average Bonchev–Trinajstić information content (AvgIpc) is 2.79. The van der Waals surface area contributed by atoms with Gasteiger partial charge in [-0.25, -0.2) is 0 Å². The molecule has 1 atom stereocenters. The molecule has 0 saturated carbocycles. The number of aryl methyl sites for hydroxylation is 1. The van der Waals surface area contributed by atoms with Gasteiger partial charge in [-0.15, -0.1) is 0 Å². The summed E-state index contributed by atoms with van der Waals surface area (Å²) in [5.41, 5.74) is 2.72. The van der Waals surface area contributed by atoms with Crippen LogP contribution in [0.15, 0.2) is 48.5 Å². The number of carbonyl (C=O) groups excluding carboxylic acids is 2. The summed E-state index contributed by atoms with van der Waals surface area (Å²) in [5.74, 6) is 0.0301. The maximum Gasteiger partial charge on any atom is 0.244 e. The van der Waals surface area contributed by atoms with Gasteiger partial charge in [0.05, 0.1) is 11.7 Å². The second-order valence-corrected chi connectivity index (χ2v) is 8.21. The summed E-state index contributed by atoms with van der Waals surface area (Å²) in [4.78, 5) is 29.9. The fourth-order valence-electron chi connectivity index (χ4n) is 4.51. The molecule has 0 aliphatic carbocycles. The normalized spacial score (nSPS) is 18.5. The van der Waals surface area contributed by atoms with Crippen LogP contribution in [-0.2, 0) is 16.0 Å². The number of amides is 2. The van der Waals surface area contributed by atoms with Crippen molar-refractivity contribution in [2.24, 2.45) is 5.92 Å². The van der Waals surface area contributed by atoms with Crippen LogP contribution in [-0.4, -0.2) is 47.5 Å². The Bertz CT molecular complexity index is 921. The van der Waals surface area contributed by atoms with Gasteiger partial charge in [-0.05, 0) is 69.5 Å². The summed E-state index contributed by atoms with van der Waals surface area (Å²) in [6, 6.07) is 14.7. The van der Waals surface area contributed by atoms with Gasteiger partial charge in [0.15, 0.2) is 0 Å². The Labute approximate surface area is 177 Å². The van der Waals surface area contributed by atoms with E-state index in [1.807, 2.05) is 30.0 Å². The van der Waals surface area contributed by atoms with Crippen LogP contribution in [0, 0.1) is 5.92 Å². The lowest BCUT2D eigenvalue weighted by Crippen LogP contribution is -2.51. The SMILES string of the molecule is CC(C(=O)N1CCCc2ccccc21)N1CCC(C(=O)Nc2ccccc2O)CC1. The van der Waals surface area contributed by atoms with E-state index in [9.17, 15) is 14.7 Å². The first kappa shape index (κ1) is 20.4. The molecule has 0 aromatic heterocycles. The molecule has 2 aliphatic heterocycles. The molecule has 1 saturated heterocycles. The topological polar surface area (TPSA) is 72.9 Å². The maximum absolute atomic E-state index is 13.2. The number of aromatic hydroxyl groups is 1. The number of hydrogen-bond acceptors (Lipinski definition) is 4.